The topological polar surface area (TPSA) is 80.1 Å². The van der Waals surface area contributed by atoms with E-state index in [-0.39, 0.29) is 11.3 Å². The fourth-order valence-corrected chi connectivity index (χ4v) is 4.32. The quantitative estimate of drug-likeness (QED) is 0.299. The summed E-state index contributed by atoms with van der Waals surface area (Å²) in [5, 5.41) is 15.0. The van der Waals surface area contributed by atoms with E-state index in [1.165, 1.54) is 16.2 Å². The van der Waals surface area contributed by atoms with E-state index in [0.717, 1.165) is 4.88 Å². The monoisotopic (exact) mass is 393 g/mol. The lowest BCUT2D eigenvalue weighted by Gasteiger charge is -2.26. The number of carbonyl (C=O) groups is 2. The van der Waals surface area contributed by atoms with Gasteiger partial charge in [-0.15, -0.1) is 11.3 Å². The van der Waals surface area contributed by atoms with Crippen molar-refractivity contribution in [2.24, 2.45) is 0 Å². The minimum Gasteiger partial charge on any atom is -0.872 e. The van der Waals surface area contributed by atoms with Crippen molar-refractivity contribution in [1.82, 2.24) is 9.88 Å². The first kappa shape index (κ1) is 18.2. The van der Waals surface area contributed by atoms with Crippen LogP contribution in [0, 0.1) is 0 Å². The van der Waals surface area contributed by atoms with Gasteiger partial charge in [0.15, 0.2) is 0 Å². The highest BCUT2D eigenvalue weighted by molar-refractivity contribution is 7.10. The normalized spacial score (nSPS) is 18.7. The molecule has 1 aliphatic heterocycles. The van der Waals surface area contributed by atoms with Crippen LogP contribution in [-0.4, -0.2) is 28.1 Å². The number of rotatable bonds is 6. The van der Waals surface area contributed by atoms with Crippen molar-refractivity contribution in [3.63, 3.8) is 0 Å². The Kier molecular flexibility index (Phi) is 5.08. The Morgan fingerprint density at radius 1 is 1.18 bits per heavy atom. The third kappa shape index (κ3) is 3.36. The number of nitrogens with zero attached hydrogens (tertiary/aromatic N) is 2. The van der Waals surface area contributed by atoms with Crippen molar-refractivity contribution in [1.29, 1.82) is 0 Å². The molecule has 1 aliphatic rings. The number of thiophene rings is 1. The molecule has 28 heavy (non-hydrogen) atoms. The maximum atomic E-state index is 13.1. The van der Waals surface area contributed by atoms with Crippen LogP contribution in [0.25, 0.3) is 5.76 Å². The second-order valence-electron chi connectivity index (χ2n) is 6.56. The van der Waals surface area contributed by atoms with Gasteiger partial charge < -0.3 is 10.0 Å². The van der Waals surface area contributed by atoms with Gasteiger partial charge in [0.05, 0.1) is 12.6 Å². The van der Waals surface area contributed by atoms with E-state index < -0.39 is 17.7 Å². The molecule has 0 spiro atoms. The summed E-state index contributed by atoms with van der Waals surface area (Å²) < 4.78 is 1.97. The van der Waals surface area contributed by atoms with Crippen molar-refractivity contribution >= 4 is 28.8 Å². The Balaban J connectivity index is 1.68. The summed E-state index contributed by atoms with van der Waals surface area (Å²) in [5.74, 6) is -1.67. The molecule has 142 valence electrons. The lowest BCUT2D eigenvalue weighted by molar-refractivity contribution is -0.695. The number of ketones is 1. The summed E-state index contributed by atoms with van der Waals surface area (Å²) in [6.07, 6.45) is 6.24. The van der Waals surface area contributed by atoms with Gasteiger partial charge >= 0.3 is 0 Å². The Labute approximate surface area is 166 Å². The molecule has 4 rings (SSSR count). The molecule has 3 aromatic rings. The molecule has 1 N–H and O–H groups in total. The number of carbonyl (C=O) groups excluding carboxylic acids is 2. The third-order valence-electron chi connectivity index (χ3n) is 4.80. The maximum Gasteiger partial charge on any atom is 0.295 e. The zero-order valence-corrected chi connectivity index (χ0v) is 15.9. The Morgan fingerprint density at radius 2 is 2.00 bits per heavy atom. The predicted octanol–water partition coefficient (Wildman–Crippen LogP) is 1.68. The molecule has 7 heteroatoms. The first-order chi connectivity index (χ1) is 13.7. The van der Waals surface area contributed by atoms with Crippen LogP contribution in [0.15, 0.2) is 72.1 Å². The largest absolute Gasteiger partial charge is 0.872 e. The molecule has 1 atom stereocenters. The Morgan fingerprint density at radius 3 is 2.68 bits per heavy atom. The van der Waals surface area contributed by atoms with Gasteiger partial charge in [0.2, 0.25) is 12.1 Å². The Bertz CT molecular complexity index is 995. The Hall–Kier alpha value is -3.19. The highest BCUT2D eigenvalue weighted by Gasteiger charge is 2.44. The maximum absolute atomic E-state index is 13.1. The number of aryl methyl sites for hydroxylation is 1. The van der Waals surface area contributed by atoms with Gasteiger partial charge in [0, 0.05) is 23.4 Å². The van der Waals surface area contributed by atoms with Gasteiger partial charge in [-0.1, -0.05) is 42.2 Å². The zero-order chi connectivity index (χ0) is 19.5. The van der Waals surface area contributed by atoms with Crippen molar-refractivity contribution in [2.75, 3.05) is 6.54 Å². The molecule has 1 aromatic carbocycles. The molecule has 0 bridgehead atoms. The van der Waals surface area contributed by atoms with Crippen LogP contribution in [0.3, 0.4) is 0 Å². The van der Waals surface area contributed by atoms with E-state index in [9.17, 15) is 14.7 Å². The average Bonchev–Trinajstić information content (AvgIpc) is 3.46. The minimum absolute atomic E-state index is 0.0490. The molecule has 2 aromatic heterocycles. The van der Waals surface area contributed by atoms with Crippen molar-refractivity contribution in [3.05, 3.63) is 82.6 Å². The highest BCUT2D eigenvalue weighted by Crippen LogP contribution is 2.40. The van der Waals surface area contributed by atoms with Crippen LogP contribution in [0.1, 0.15) is 22.9 Å². The molecule has 1 unspecified atom stereocenters. The molecule has 1 saturated heterocycles. The lowest BCUT2D eigenvalue weighted by atomic mass is 10.00. The fourth-order valence-electron chi connectivity index (χ4n) is 3.47. The highest BCUT2D eigenvalue weighted by atomic mass is 32.1. The van der Waals surface area contributed by atoms with Crippen molar-refractivity contribution in [2.45, 2.75) is 19.0 Å². The lowest BCUT2D eigenvalue weighted by Crippen LogP contribution is -2.35. The summed E-state index contributed by atoms with van der Waals surface area (Å²) in [6.45, 7) is 1.11. The number of hydrogen-bond acceptors (Lipinski definition) is 4. The molecule has 6 nitrogen and oxygen atoms in total. The molecule has 0 saturated carbocycles. The average molecular weight is 393 g/mol. The summed E-state index contributed by atoms with van der Waals surface area (Å²) in [7, 11) is 0. The van der Waals surface area contributed by atoms with Gasteiger partial charge in [0.25, 0.3) is 5.91 Å². The number of hydrogen-bond donors (Lipinski definition) is 1. The van der Waals surface area contributed by atoms with Crippen molar-refractivity contribution in [3.8, 4) is 0 Å². The van der Waals surface area contributed by atoms with Gasteiger partial charge in [-0.3, -0.25) is 14.6 Å². The number of amides is 1. The van der Waals surface area contributed by atoms with Crippen LogP contribution >= 0.6 is 11.3 Å². The molecule has 0 radical (unpaired) electrons. The molecule has 3 heterocycles. The van der Waals surface area contributed by atoms with Gasteiger partial charge in [0.1, 0.15) is 12.4 Å². The van der Waals surface area contributed by atoms with Crippen LogP contribution < -0.4 is 9.67 Å². The van der Waals surface area contributed by atoms with E-state index in [1.807, 2.05) is 46.9 Å². The van der Waals surface area contributed by atoms with Gasteiger partial charge in [-0.2, -0.15) is 0 Å². The van der Waals surface area contributed by atoms with E-state index in [0.29, 0.717) is 25.1 Å². The zero-order valence-electron chi connectivity index (χ0n) is 15.1. The van der Waals surface area contributed by atoms with E-state index in [4.69, 9.17) is 0 Å². The summed E-state index contributed by atoms with van der Waals surface area (Å²) >= 11 is 1.45. The number of nitrogens with one attached hydrogen (secondary N) is 1. The third-order valence-corrected chi connectivity index (χ3v) is 5.72. The summed E-state index contributed by atoms with van der Waals surface area (Å²) in [5.41, 5.74) is 0.470. The van der Waals surface area contributed by atoms with Gasteiger partial charge in [-0.25, -0.2) is 4.57 Å². The number of imidazole rings is 1. The summed E-state index contributed by atoms with van der Waals surface area (Å²) in [6, 6.07) is 11.8. The van der Waals surface area contributed by atoms with Crippen LogP contribution in [-0.2, 0) is 16.1 Å². The molecular formula is C21H19N3O3S. The molecule has 0 aliphatic carbocycles. The first-order valence-corrected chi connectivity index (χ1v) is 9.92. The smallest absolute Gasteiger partial charge is 0.295 e. The van der Waals surface area contributed by atoms with Gasteiger partial charge in [-0.05, 0) is 17.0 Å². The fraction of sp³-hybridized carbons (Fsp3) is 0.190. The molecule has 1 fully saturated rings. The van der Waals surface area contributed by atoms with Crippen LogP contribution in [0.5, 0.6) is 0 Å². The molecular weight excluding hydrogens is 374 g/mol. The van der Waals surface area contributed by atoms with Crippen LogP contribution in [0.4, 0.5) is 0 Å². The number of Topliss-reactive ketones (excluding diaryl/α,β-unsaturated/α-hetero) is 1. The number of aromatic amines is 1. The number of H-pyrrole nitrogens is 1. The SMILES string of the molecule is O=C1C(=O)N(CCC[n+]2cc[nH]c2)C(c2cccs2)C1=C([O-])c1ccccc1. The molecule has 1 amide bonds. The van der Waals surface area contributed by atoms with E-state index in [1.54, 1.807) is 24.3 Å². The number of benzene rings is 1. The number of aromatic nitrogens is 2. The number of likely N-dealkylation sites (tertiary alicyclic amines) is 1. The first-order valence-electron chi connectivity index (χ1n) is 9.04. The summed E-state index contributed by atoms with van der Waals surface area (Å²) in [4.78, 5) is 30.9. The van der Waals surface area contributed by atoms with E-state index in [2.05, 4.69) is 4.98 Å². The van der Waals surface area contributed by atoms with Crippen molar-refractivity contribution < 1.29 is 19.3 Å². The second kappa shape index (κ2) is 7.82. The van der Waals surface area contributed by atoms with E-state index >= 15 is 0 Å². The minimum atomic E-state index is -0.693. The predicted molar refractivity (Wildman–Crippen MR) is 103 cm³/mol. The van der Waals surface area contributed by atoms with Crippen LogP contribution in [0.2, 0.25) is 0 Å². The second-order valence-corrected chi connectivity index (χ2v) is 7.54. The standard InChI is InChI=1S/C21H19N3O3S/c25-19(15-6-2-1-3-7-15)17-18(16-8-4-13-28-16)24(21(27)20(17)26)11-5-10-23-12-9-22-14-23/h1-4,6-9,12-14,18H,5,10-11H2,(H,25,26).